The van der Waals surface area contributed by atoms with E-state index in [4.69, 9.17) is 0 Å². The van der Waals surface area contributed by atoms with Crippen LogP contribution in [0.2, 0.25) is 0 Å². The van der Waals surface area contributed by atoms with Crippen LogP contribution in [-0.4, -0.2) is 25.7 Å². The average Bonchev–Trinajstić information content (AvgIpc) is 2.29. The summed E-state index contributed by atoms with van der Waals surface area (Å²) >= 11 is 0. The lowest BCUT2D eigenvalue weighted by Gasteiger charge is -2.36. The van der Waals surface area contributed by atoms with Crippen LogP contribution in [0.15, 0.2) is 24.3 Å². The molecule has 1 aliphatic heterocycles. The minimum Gasteiger partial charge on any atom is -0.366 e. The van der Waals surface area contributed by atoms with Crippen LogP contribution in [-0.2, 0) is 6.42 Å². The predicted molar refractivity (Wildman–Crippen MR) is 74.7 cm³/mol. The number of anilines is 1. The second-order valence-electron chi connectivity index (χ2n) is 5.51. The molecule has 2 nitrogen and oxygen atoms in total. The first-order valence-electron chi connectivity index (χ1n) is 6.73. The molecule has 1 heterocycles. The molecule has 0 aromatic heterocycles. The molecule has 1 aliphatic rings. The smallest absolute Gasteiger partial charge is 0.0386 e. The maximum Gasteiger partial charge on any atom is 0.0386 e. The minimum absolute atomic E-state index is 0.595. The Hall–Kier alpha value is -1.02. The lowest BCUT2D eigenvalue weighted by atomic mass is 10.0. The van der Waals surface area contributed by atoms with Crippen LogP contribution >= 0.6 is 0 Å². The van der Waals surface area contributed by atoms with Gasteiger partial charge in [-0.2, -0.15) is 0 Å². The SMILES string of the molecule is CC(C)Cc1cccc(N2CCNC[C@H]2C)c1. The highest BCUT2D eigenvalue weighted by atomic mass is 15.2. The van der Waals surface area contributed by atoms with Crippen LogP contribution in [0.3, 0.4) is 0 Å². The Kier molecular flexibility index (Phi) is 4.06. The van der Waals surface area contributed by atoms with Crippen molar-refractivity contribution in [3.05, 3.63) is 29.8 Å². The molecule has 1 aromatic rings. The van der Waals surface area contributed by atoms with Crippen molar-refractivity contribution in [3.8, 4) is 0 Å². The number of piperazine rings is 1. The fourth-order valence-corrected chi connectivity index (χ4v) is 2.56. The van der Waals surface area contributed by atoms with Crippen molar-refractivity contribution in [2.45, 2.75) is 33.2 Å². The zero-order valence-electron chi connectivity index (χ0n) is 11.2. The molecule has 1 fully saturated rings. The van der Waals surface area contributed by atoms with Crippen LogP contribution in [0.5, 0.6) is 0 Å². The van der Waals surface area contributed by atoms with Gasteiger partial charge in [-0.1, -0.05) is 26.0 Å². The molecule has 0 amide bonds. The van der Waals surface area contributed by atoms with E-state index in [9.17, 15) is 0 Å². The Morgan fingerprint density at radius 1 is 1.41 bits per heavy atom. The van der Waals surface area contributed by atoms with Gasteiger partial charge in [-0.25, -0.2) is 0 Å². The van der Waals surface area contributed by atoms with Gasteiger partial charge in [0.15, 0.2) is 0 Å². The molecule has 0 aliphatic carbocycles. The van der Waals surface area contributed by atoms with E-state index in [1.807, 2.05) is 0 Å². The van der Waals surface area contributed by atoms with Gasteiger partial charge in [0.25, 0.3) is 0 Å². The quantitative estimate of drug-likeness (QED) is 0.862. The average molecular weight is 232 g/mol. The first-order valence-corrected chi connectivity index (χ1v) is 6.73. The summed E-state index contributed by atoms with van der Waals surface area (Å²) in [6, 6.07) is 9.64. The number of hydrogen-bond donors (Lipinski definition) is 1. The predicted octanol–water partition coefficient (Wildman–Crippen LogP) is 2.68. The minimum atomic E-state index is 0.595. The largest absolute Gasteiger partial charge is 0.366 e. The lowest BCUT2D eigenvalue weighted by molar-refractivity contribution is 0.500. The Morgan fingerprint density at radius 2 is 2.24 bits per heavy atom. The standard InChI is InChI=1S/C15H24N2/c1-12(2)9-14-5-4-6-15(10-14)17-8-7-16-11-13(17)3/h4-6,10,12-13,16H,7-9,11H2,1-3H3/t13-/m1/s1. The number of benzene rings is 1. The first-order chi connectivity index (χ1) is 8.16. The summed E-state index contributed by atoms with van der Waals surface area (Å²) in [4.78, 5) is 2.51. The number of hydrogen-bond acceptors (Lipinski definition) is 2. The summed E-state index contributed by atoms with van der Waals surface area (Å²) in [6.07, 6.45) is 1.17. The van der Waals surface area contributed by atoms with Crippen molar-refractivity contribution >= 4 is 5.69 Å². The molecule has 0 radical (unpaired) electrons. The van der Waals surface area contributed by atoms with Gasteiger partial charge >= 0.3 is 0 Å². The van der Waals surface area contributed by atoms with Crippen molar-refractivity contribution in [3.63, 3.8) is 0 Å². The third-order valence-corrected chi connectivity index (χ3v) is 3.39. The molecule has 1 N–H and O–H groups in total. The molecule has 2 heteroatoms. The van der Waals surface area contributed by atoms with Gasteiger partial charge in [-0.15, -0.1) is 0 Å². The summed E-state index contributed by atoms with van der Waals surface area (Å²) in [5.74, 6) is 0.727. The normalized spacial score (nSPS) is 20.9. The van der Waals surface area contributed by atoms with E-state index in [1.165, 1.54) is 17.7 Å². The lowest BCUT2D eigenvalue weighted by Crippen LogP contribution is -2.49. The molecule has 0 spiro atoms. The second kappa shape index (κ2) is 5.54. The van der Waals surface area contributed by atoms with Crippen molar-refractivity contribution in [1.82, 2.24) is 5.32 Å². The van der Waals surface area contributed by atoms with Crippen LogP contribution in [0, 0.1) is 5.92 Å². The zero-order valence-corrected chi connectivity index (χ0v) is 11.2. The van der Waals surface area contributed by atoms with E-state index in [-0.39, 0.29) is 0 Å². The maximum atomic E-state index is 3.44. The van der Waals surface area contributed by atoms with E-state index in [0.717, 1.165) is 25.6 Å². The summed E-state index contributed by atoms with van der Waals surface area (Å²) in [6.45, 7) is 10.2. The third kappa shape index (κ3) is 3.22. The Labute approximate surface area is 105 Å². The monoisotopic (exact) mass is 232 g/mol. The highest BCUT2D eigenvalue weighted by Gasteiger charge is 2.18. The van der Waals surface area contributed by atoms with Gasteiger partial charge < -0.3 is 10.2 Å². The highest BCUT2D eigenvalue weighted by Crippen LogP contribution is 2.21. The second-order valence-corrected chi connectivity index (χ2v) is 5.51. The van der Waals surface area contributed by atoms with Crippen LogP contribution < -0.4 is 10.2 Å². The Bertz CT molecular complexity index is 360. The van der Waals surface area contributed by atoms with E-state index >= 15 is 0 Å². The van der Waals surface area contributed by atoms with Gasteiger partial charge in [-0.05, 0) is 37.0 Å². The van der Waals surface area contributed by atoms with Gasteiger partial charge in [0.2, 0.25) is 0 Å². The van der Waals surface area contributed by atoms with Gasteiger partial charge in [-0.3, -0.25) is 0 Å². The molecule has 0 bridgehead atoms. The number of nitrogens with one attached hydrogen (secondary N) is 1. The van der Waals surface area contributed by atoms with Crippen molar-refractivity contribution in [1.29, 1.82) is 0 Å². The van der Waals surface area contributed by atoms with E-state index < -0.39 is 0 Å². The molecule has 1 aromatic carbocycles. The van der Waals surface area contributed by atoms with Gasteiger partial charge in [0.1, 0.15) is 0 Å². The molecule has 0 unspecified atom stereocenters. The third-order valence-electron chi connectivity index (χ3n) is 3.39. The van der Waals surface area contributed by atoms with E-state index in [1.54, 1.807) is 0 Å². The van der Waals surface area contributed by atoms with Crippen LogP contribution in [0.4, 0.5) is 5.69 Å². The summed E-state index contributed by atoms with van der Waals surface area (Å²) in [5.41, 5.74) is 2.85. The molecular formula is C15H24N2. The molecule has 2 rings (SSSR count). The van der Waals surface area contributed by atoms with Crippen molar-refractivity contribution in [2.24, 2.45) is 5.92 Å². The maximum absolute atomic E-state index is 3.44. The molecule has 1 saturated heterocycles. The molecule has 0 saturated carbocycles. The fraction of sp³-hybridized carbons (Fsp3) is 0.600. The summed E-state index contributed by atoms with van der Waals surface area (Å²) in [7, 11) is 0. The summed E-state index contributed by atoms with van der Waals surface area (Å²) in [5, 5.41) is 3.44. The summed E-state index contributed by atoms with van der Waals surface area (Å²) < 4.78 is 0. The first kappa shape index (κ1) is 12.4. The number of rotatable bonds is 3. The molecule has 94 valence electrons. The van der Waals surface area contributed by atoms with Crippen molar-refractivity contribution in [2.75, 3.05) is 24.5 Å². The molecule has 1 atom stereocenters. The zero-order chi connectivity index (χ0) is 12.3. The Balaban J connectivity index is 2.14. The van der Waals surface area contributed by atoms with E-state index in [0.29, 0.717) is 6.04 Å². The van der Waals surface area contributed by atoms with Crippen LogP contribution in [0.25, 0.3) is 0 Å². The van der Waals surface area contributed by atoms with Crippen molar-refractivity contribution < 1.29 is 0 Å². The van der Waals surface area contributed by atoms with Crippen LogP contribution in [0.1, 0.15) is 26.3 Å². The van der Waals surface area contributed by atoms with E-state index in [2.05, 4.69) is 55.3 Å². The highest BCUT2D eigenvalue weighted by molar-refractivity contribution is 5.50. The van der Waals surface area contributed by atoms with Gasteiger partial charge in [0.05, 0.1) is 0 Å². The fourth-order valence-electron chi connectivity index (χ4n) is 2.56. The topological polar surface area (TPSA) is 15.3 Å². The number of nitrogens with zero attached hydrogens (tertiary/aromatic N) is 1. The van der Waals surface area contributed by atoms with Gasteiger partial charge in [0, 0.05) is 31.4 Å². The molecule has 17 heavy (non-hydrogen) atoms. The Morgan fingerprint density at radius 3 is 2.94 bits per heavy atom. The molecular weight excluding hydrogens is 208 g/mol.